The van der Waals surface area contributed by atoms with Crippen LogP contribution in [-0.2, 0) is 4.79 Å². The molecule has 49 heavy (non-hydrogen) atoms. The van der Waals surface area contributed by atoms with Crippen LogP contribution >= 0.6 is 0 Å². The van der Waals surface area contributed by atoms with E-state index in [4.69, 9.17) is 0 Å². The van der Waals surface area contributed by atoms with Crippen LogP contribution in [0.15, 0.2) is 34.9 Å². The van der Waals surface area contributed by atoms with Gasteiger partial charge in [0.15, 0.2) is 0 Å². The van der Waals surface area contributed by atoms with E-state index in [9.17, 15) is 30.3 Å². The molecule has 0 amide bonds. The van der Waals surface area contributed by atoms with Crippen molar-refractivity contribution in [3.05, 3.63) is 34.9 Å². The van der Waals surface area contributed by atoms with Crippen LogP contribution in [0.4, 0.5) is 0 Å². The van der Waals surface area contributed by atoms with Crippen LogP contribution in [-0.4, -0.2) is 59.3 Å². The molecule has 0 radical (unpaired) electrons. The van der Waals surface area contributed by atoms with Crippen LogP contribution in [0.3, 0.4) is 0 Å². The van der Waals surface area contributed by atoms with Crippen molar-refractivity contribution in [3.8, 4) is 0 Å². The summed E-state index contributed by atoms with van der Waals surface area (Å²) in [6.45, 7) is 19.5. The Morgan fingerprint density at radius 2 is 0.694 bits per heavy atom. The highest BCUT2D eigenvalue weighted by Gasteiger charge is 2.28. The molecular weight excluding hydrogens is 612 g/mol. The largest absolute Gasteiger partial charge is 0.390 e. The van der Waals surface area contributed by atoms with Crippen LogP contribution in [0.1, 0.15) is 204 Å². The Bertz CT molecular complexity index is 1010. The summed E-state index contributed by atoms with van der Waals surface area (Å²) in [6.07, 6.45) is 22.2. The van der Waals surface area contributed by atoms with Gasteiger partial charge in [0.1, 0.15) is 5.78 Å². The Kier molecular flexibility index (Phi) is 22.7. The smallest absolute Gasteiger partial charge is 0.129 e. The maximum Gasteiger partial charge on any atom is 0.129 e. The molecule has 0 aliphatic carbocycles. The van der Waals surface area contributed by atoms with Gasteiger partial charge in [-0.3, -0.25) is 0 Å². The number of aliphatic hydroxyl groups is 5. The zero-order valence-electron chi connectivity index (χ0n) is 33.7. The van der Waals surface area contributed by atoms with Crippen molar-refractivity contribution in [2.24, 2.45) is 0 Å². The monoisotopic (exact) mass is 693 g/mol. The molecule has 288 valence electrons. The summed E-state index contributed by atoms with van der Waals surface area (Å²) in [5, 5.41) is 54.4. The molecule has 0 aromatic heterocycles. The first-order valence-electron chi connectivity index (χ1n) is 19.5. The maximum absolute atomic E-state index is 11.2. The third-order valence-corrected chi connectivity index (χ3v) is 10.3. The first-order chi connectivity index (χ1) is 22.4. The van der Waals surface area contributed by atoms with Gasteiger partial charge >= 0.3 is 0 Å². The van der Waals surface area contributed by atoms with E-state index < -0.39 is 28.0 Å². The molecule has 0 heterocycles. The number of carbonyl (C=O) groups is 1. The highest BCUT2D eigenvalue weighted by Crippen LogP contribution is 2.31. The number of rotatable bonds is 29. The number of ketones is 1. The molecule has 5 N–H and O–H groups in total. The zero-order valence-corrected chi connectivity index (χ0v) is 33.7. The Balaban J connectivity index is 4.35. The van der Waals surface area contributed by atoms with Gasteiger partial charge in [0.25, 0.3) is 0 Å². The highest BCUT2D eigenvalue weighted by atomic mass is 16.3. The Labute approximate surface area is 302 Å². The fraction of sp³-hybridized carbons (Fsp3) is 0.837. The normalized spacial score (nSPS) is 18.9. The molecule has 0 spiro atoms. The van der Waals surface area contributed by atoms with E-state index in [-0.39, 0.29) is 5.78 Å². The number of hydrogen-bond donors (Lipinski definition) is 5. The minimum absolute atomic E-state index is 0.140. The summed E-state index contributed by atoms with van der Waals surface area (Å²) in [6, 6.07) is 0. The summed E-state index contributed by atoms with van der Waals surface area (Å²) >= 11 is 0. The van der Waals surface area contributed by atoms with Crippen LogP contribution in [0.25, 0.3) is 0 Å². The van der Waals surface area contributed by atoms with E-state index >= 15 is 0 Å². The van der Waals surface area contributed by atoms with Gasteiger partial charge in [0.05, 0.1) is 28.0 Å². The first-order valence-corrected chi connectivity index (χ1v) is 19.5. The molecular formula is C43H80O6. The molecule has 0 saturated heterocycles. The molecule has 6 heteroatoms. The van der Waals surface area contributed by atoms with Crippen molar-refractivity contribution >= 4 is 5.78 Å². The Morgan fingerprint density at radius 3 is 1.02 bits per heavy atom. The lowest BCUT2D eigenvalue weighted by molar-refractivity contribution is -0.117. The molecule has 0 aliphatic rings. The quantitative estimate of drug-likeness (QED) is 0.0498. The summed E-state index contributed by atoms with van der Waals surface area (Å²) in [5.41, 5.74) is 0.0624. The lowest BCUT2D eigenvalue weighted by atomic mass is 9.84. The van der Waals surface area contributed by atoms with Crippen LogP contribution in [0.2, 0.25) is 0 Å². The van der Waals surface area contributed by atoms with Gasteiger partial charge in [-0.2, -0.15) is 0 Å². The fourth-order valence-electron chi connectivity index (χ4n) is 6.71. The van der Waals surface area contributed by atoms with E-state index in [1.54, 1.807) is 13.8 Å². The summed E-state index contributed by atoms with van der Waals surface area (Å²) < 4.78 is 0. The van der Waals surface area contributed by atoms with Crippen LogP contribution in [0, 0.1) is 0 Å². The summed E-state index contributed by atoms with van der Waals surface area (Å²) in [4.78, 5) is 11.2. The van der Waals surface area contributed by atoms with Gasteiger partial charge in [0, 0.05) is 6.42 Å². The molecule has 6 nitrogen and oxygen atoms in total. The van der Waals surface area contributed by atoms with Gasteiger partial charge in [-0.25, -0.2) is 0 Å². The van der Waals surface area contributed by atoms with Gasteiger partial charge in [-0.05, 0) is 198 Å². The zero-order chi connectivity index (χ0) is 37.8. The predicted octanol–water partition coefficient (Wildman–Crippen LogP) is 10.4. The molecule has 0 rings (SSSR count). The maximum atomic E-state index is 11.2. The van der Waals surface area contributed by atoms with Crippen molar-refractivity contribution in [3.63, 3.8) is 0 Å². The fourth-order valence-corrected chi connectivity index (χ4v) is 6.71. The van der Waals surface area contributed by atoms with Crippen molar-refractivity contribution < 1.29 is 30.3 Å². The number of hydrogen-bond acceptors (Lipinski definition) is 6. The van der Waals surface area contributed by atoms with Crippen molar-refractivity contribution in [2.45, 2.75) is 232 Å². The Morgan fingerprint density at radius 1 is 0.408 bits per heavy atom. The molecule has 0 aromatic rings. The summed E-state index contributed by atoms with van der Waals surface area (Å²) in [5.74, 6) is 0.140. The van der Waals surface area contributed by atoms with Crippen LogP contribution in [0.5, 0.6) is 0 Å². The van der Waals surface area contributed by atoms with Crippen molar-refractivity contribution in [2.75, 3.05) is 0 Å². The molecule has 5 unspecified atom stereocenters. The third-order valence-electron chi connectivity index (χ3n) is 10.3. The molecule has 0 aliphatic heterocycles. The van der Waals surface area contributed by atoms with E-state index in [1.807, 2.05) is 27.7 Å². The van der Waals surface area contributed by atoms with Gasteiger partial charge < -0.3 is 30.3 Å². The van der Waals surface area contributed by atoms with Gasteiger partial charge in [0.2, 0.25) is 0 Å². The van der Waals surface area contributed by atoms with Gasteiger partial charge in [-0.1, -0.05) is 34.9 Å². The second-order valence-corrected chi connectivity index (χ2v) is 17.5. The standard InChI is InChI=1S/C43H80O6/c1-35(2)19-11-20-36(3)21-12-22-37(4)23-13-25-39(6,45)27-15-29-41(8,47)31-17-33-43(10,49)34-18-32-42(9,48)30-16-28-40(7,46)26-14-24-38(5)44/h19,21,23,45-49H,11-18,20,22,24-34H2,1-10H3/b36-21+,37-23+. The SMILES string of the molecule is CC(=O)CCCC(C)(O)CCCC(C)(O)CCCC(C)(O)CCCC(C)(O)CCCC(C)(O)CC/C=C(\C)CC/C=C(\C)CCC=C(C)C. The third kappa shape index (κ3) is 29.0. The number of carbonyl (C=O) groups excluding carboxylic acids is 1. The molecule has 0 saturated carbocycles. The minimum atomic E-state index is -0.859. The molecule has 0 aromatic carbocycles. The number of Topliss-reactive ketones (excluding diaryl/α,β-unsaturated/α-hetero) is 1. The highest BCUT2D eigenvalue weighted by molar-refractivity contribution is 5.75. The van der Waals surface area contributed by atoms with E-state index in [1.165, 1.54) is 16.7 Å². The van der Waals surface area contributed by atoms with E-state index in [2.05, 4.69) is 45.9 Å². The summed E-state index contributed by atoms with van der Waals surface area (Å²) in [7, 11) is 0. The van der Waals surface area contributed by atoms with Crippen molar-refractivity contribution in [1.29, 1.82) is 0 Å². The lowest BCUT2D eigenvalue weighted by Crippen LogP contribution is -2.30. The molecule has 5 atom stereocenters. The average Bonchev–Trinajstić information content (AvgIpc) is 2.91. The first kappa shape index (κ1) is 47.7. The number of allylic oxidation sites excluding steroid dienone is 6. The second kappa shape index (κ2) is 23.3. The molecule has 0 fully saturated rings. The predicted molar refractivity (Wildman–Crippen MR) is 208 cm³/mol. The Hall–Kier alpha value is -1.31. The molecule has 0 bridgehead atoms. The van der Waals surface area contributed by atoms with Gasteiger partial charge in [-0.15, -0.1) is 0 Å². The van der Waals surface area contributed by atoms with Crippen LogP contribution < -0.4 is 0 Å². The van der Waals surface area contributed by atoms with E-state index in [0.29, 0.717) is 96.3 Å². The topological polar surface area (TPSA) is 118 Å². The average molecular weight is 693 g/mol. The second-order valence-electron chi connectivity index (χ2n) is 17.5. The lowest BCUT2D eigenvalue weighted by Gasteiger charge is -2.30. The minimum Gasteiger partial charge on any atom is -0.390 e. The van der Waals surface area contributed by atoms with E-state index in [0.717, 1.165) is 38.5 Å². The van der Waals surface area contributed by atoms with Crippen molar-refractivity contribution in [1.82, 2.24) is 0 Å².